The smallest absolute Gasteiger partial charge is 0.256 e. The fourth-order valence-corrected chi connectivity index (χ4v) is 6.28. The molecule has 0 aliphatic carbocycles. The number of nitrogens with zero attached hydrogens (tertiary/aromatic N) is 4. The number of piperazine rings is 1. The molecule has 0 saturated carbocycles. The first-order valence-electron chi connectivity index (χ1n) is 12.1. The lowest BCUT2D eigenvalue weighted by Gasteiger charge is -2.31. The lowest BCUT2D eigenvalue weighted by atomic mass is 9.95. The van der Waals surface area contributed by atoms with Crippen LogP contribution in [-0.2, 0) is 23.0 Å². The summed E-state index contributed by atoms with van der Waals surface area (Å²) in [6, 6.07) is 14.2. The van der Waals surface area contributed by atoms with Crippen molar-refractivity contribution < 1.29 is 13.2 Å². The van der Waals surface area contributed by atoms with Crippen LogP contribution >= 0.6 is 0 Å². The highest BCUT2D eigenvalue weighted by Gasteiger charge is 2.28. The Labute approximate surface area is 206 Å². The monoisotopic (exact) mass is 493 g/mol. The first kappa shape index (κ1) is 23.9. The summed E-state index contributed by atoms with van der Waals surface area (Å²) in [5.74, 6) is -0.201. The SMILES string of the molecule is CCN1CCc2nc3ccccc3c(C(=O)Nc3ccc(S(=O)(=O)N4CCN(C)CC4)cc3)c2C1. The summed E-state index contributed by atoms with van der Waals surface area (Å²) in [7, 11) is -1.56. The van der Waals surface area contributed by atoms with Gasteiger partial charge in [-0.05, 0) is 43.9 Å². The quantitative estimate of drug-likeness (QED) is 0.588. The van der Waals surface area contributed by atoms with E-state index in [-0.39, 0.29) is 10.8 Å². The third-order valence-electron chi connectivity index (χ3n) is 7.01. The van der Waals surface area contributed by atoms with Crippen molar-refractivity contribution in [1.29, 1.82) is 0 Å². The molecule has 1 aromatic heterocycles. The highest BCUT2D eigenvalue weighted by molar-refractivity contribution is 7.89. The van der Waals surface area contributed by atoms with Crippen molar-refractivity contribution in [3.05, 3.63) is 65.4 Å². The van der Waals surface area contributed by atoms with E-state index in [0.717, 1.165) is 41.7 Å². The molecule has 2 aliphatic rings. The molecule has 0 bridgehead atoms. The van der Waals surface area contributed by atoms with E-state index in [9.17, 15) is 13.2 Å². The first-order chi connectivity index (χ1) is 16.9. The Morgan fingerprint density at radius 2 is 1.71 bits per heavy atom. The Kier molecular flexibility index (Phi) is 6.59. The Bertz CT molecular complexity index is 1350. The summed E-state index contributed by atoms with van der Waals surface area (Å²) >= 11 is 0. The lowest BCUT2D eigenvalue weighted by Crippen LogP contribution is -2.46. The summed E-state index contributed by atoms with van der Waals surface area (Å²) in [5, 5.41) is 3.83. The molecule has 0 atom stereocenters. The number of likely N-dealkylation sites (N-methyl/N-ethyl adjacent to an activating group) is 2. The number of benzene rings is 2. The minimum absolute atomic E-state index is 0.201. The van der Waals surface area contributed by atoms with E-state index in [0.29, 0.717) is 44.0 Å². The zero-order chi connectivity index (χ0) is 24.6. The number of hydrogen-bond acceptors (Lipinski definition) is 6. The number of aromatic nitrogens is 1. The van der Waals surface area contributed by atoms with Crippen LogP contribution in [0.4, 0.5) is 5.69 Å². The molecule has 1 N–H and O–H groups in total. The molecule has 2 aliphatic heterocycles. The number of anilines is 1. The van der Waals surface area contributed by atoms with Crippen LogP contribution in [0.1, 0.15) is 28.5 Å². The summed E-state index contributed by atoms with van der Waals surface area (Å²) in [5.41, 5.74) is 3.98. The molecule has 1 saturated heterocycles. The molecule has 184 valence electrons. The van der Waals surface area contributed by atoms with Crippen LogP contribution in [0.15, 0.2) is 53.4 Å². The van der Waals surface area contributed by atoms with E-state index in [4.69, 9.17) is 4.98 Å². The molecule has 0 radical (unpaired) electrons. The van der Waals surface area contributed by atoms with Crippen LogP contribution in [0.25, 0.3) is 10.9 Å². The van der Waals surface area contributed by atoms with Crippen LogP contribution < -0.4 is 5.32 Å². The minimum atomic E-state index is -3.55. The van der Waals surface area contributed by atoms with E-state index in [1.165, 1.54) is 4.31 Å². The zero-order valence-electron chi connectivity index (χ0n) is 20.2. The molecule has 5 rings (SSSR count). The maximum atomic E-state index is 13.6. The number of amides is 1. The van der Waals surface area contributed by atoms with Crippen LogP contribution in [-0.4, -0.2) is 79.7 Å². The van der Waals surface area contributed by atoms with Crippen molar-refractivity contribution in [1.82, 2.24) is 19.1 Å². The fourth-order valence-electron chi connectivity index (χ4n) is 4.86. The van der Waals surface area contributed by atoms with Crippen LogP contribution in [0.5, 0.6) is 0 Å². The predicted molar refractivity (Wildman–Crippen MR) is 137 cm³/mol. The summed E-state index contributed by atoms with van der Waals surface area (Å²) < 4.78 is 27.6. The molecule has 3 aromatic rings. The number of hydrogen-bond donors (Lipinski definition) is 1. The molecular weight excluding hydrogens is 462 g/mol. The number of sulfonamides is 1. The van der Waals surface area contributed by atoms with E-state index in [1.54, 1.807) is 24.3 Å². The molecule has 8 nitrogen and oxygen atoms in total. The number of nitrogens with one attached hydrogen (secondary N) is 1. The number of para-hydroxylation sites is 1. The Morgan fingerprint density at radius 1 is 1.00 bits per heavy atom. The van der Waals surface area contributed by atoms with Crippen molar-refractivity contribution in [2.45, 2.75) is 24.8 Å². The van der Waals surface area contributed by atoms with Crippen molar-refractivity contribution >= 4 is 32.5 Å². The summed E-state index contributed by atoms with van der Waals surface area (Å²) in [6.45, 7) is 7.04. The molecule has 0 unspecified atom stereocenters. The van der Waals surface area contributed by atoms with Crippen molar-refractivity contribution in [2.24, 2.45) is 0 Å². The molecule has 1 fully saturated rings. The molecule has 35 heavy (non-hydrogen) atoms. The predicted octanol–water partition coefficient (Wildman–Crippen LogP) is 2.80. The third-order valence-corrected chi connectivity index (χ3v) is 8.92. The number of pyridine rings is 1. The fraction of sp³-hybridized carbons (Fsp3) is 0.385. The van der Waals surface area contributed by atoms with Gasteiger partial charge in [-0.25, -0.2) is 8.42 Å². The normalized spacial score (nSPS) is 17.9. The van der Waals surface area contributed by atoms with Gasteiger partial charge in [0, 0.05) is 68.0 Å². The Morgan fingerprint density at radius 3 is 2.43 bits per heavy atom. The average molecular weight is 494 g/mol. The van der Waals surface area contributed by atoms with Gasteiger partial charge in [0.25, 0.3) is 5.91 Å². The molecule has 2 aromatic carbocycles. The topological polar surface area (TPSA) is 85.8 Å². The molecule has 9 heteroatoms. The van der Waals surface area contributed by atoms with Gasteiger partial charge in [0.1, 0.15) is 0 Å². The van der Waals surface area contributed by atoms with E-state index in [2.05, 4.69) is 22.0 Å². The Hall–Kier alpha value is -2.85. The Balaban J connectivity index is 1.42. The summed E-state index contributed by atoms with van der Waals surface area (Å²) in [4.78, 5) is 23.1. The molecule has 3 heterocycles. The van der Waals surface area contributed by atoms with Gasteiger partial charge in [0.05, 0.1) is 16.0 Å². The van der Waals surface area contributed by atoms with Crippen molar-refractivity contribution in [3.8, 4) is 0 Å². The van der Waals surface area contributed by atoms with Gasteiger partial charge >= 0.3 is 0 Å². The zero-order valence-corrected chi connectivity index (χ0v) is 21.0. The van der Waals surface area contributed by atoms with Gasteiger partial charge in [-0.15, -0.1) is 0 Å². The lowest BCUT2D eigenvalue weighted by molar-refractivity contribution is 0.102. The van der Waals surface area contributed by atoms with Gasteiger partial charge < -0.3 is 10.2 Å². The van der Waals surface area contributed by atoms with E-state index < -0.39 is 10.0 Å². The van der Waals surface area contributed by atoms with Crippen LogP contribution in [0.3, 0.4) is 0 Å². The van der Waals surface area contributed by atoms with Crippen molar-refractivity contribution in [3.63, 3.8) is 0 Å². The van der Waals surface area contributed by atoms with Crippen LogP contribution in [0.2, 0.25) is 0 Å². The average Bonchev–Trinajstić information content (AvgIpc) is 2.87. The maximum absolute atomic E-state index is 13.6. The highest BCUT2D eigenvalue weighted by atomic mass is 32.2. The van der Waals surface area contributed by atoms with Gasteiger partial charge in [-0.1, -0.05) is 25.1 Å². The second kappa shape index (κ2) is 9.66. The van der Waals surface area contributed by atoms with E-state index >= 15 is 0 Å². The molecule has 0 spiro atoms. The number of carbonyl (C=O) groups is 1. The van der Waals surface area contributed by atoms with Gasteiger partial charge in [0.15, 0.2) is 0 Å². The van der Waals surface area contributed by atoms with Gasteiger partial charge in [-0.3, -0.25) is 14.7 Å². The van der Waals surface area contributed by atoms with Gasteiger partial charge in [0.2, 0.25) is 10.0 Å². The largest absolute Gasteiger partial charge is 0.322 e. The number of carbonyl (C=O) groups excluding carboxylic acids is 1. The summed E-state index contributed by atoms with van der Waals surface area (Å²) in [6.07, 6.45) is 0.813. The first-order valence-corrected chi connectivity index (χ1v) is 13.5. The maximum Gasteiger partial charge on any atom is 0.256 e. The standard InChI is InChI=1S/C26H31N5O3S/c1-3-30-13-12-24-22(18-30)25(21-6-4-5-7-23(21)28-24)26(32)27-19-8-10-20(11-9-19)35(33,34)31-16-14-29(2)15-17-31/h4-11H,3,12-18H2,1-2H3,(H,27,32). The molecular formula is C26H31N5O3S. The van der Waals surface area contributed by atoms with Crippen LogP contribution in [0, 0.1) is 0 Å². The van der Waals surface area contributed by atoms with Crippen molar-refractivity contribution in [2.75, 3.05) is 51.6 Å². The number of rotatable bonds is 5. The highest BCUT2D eigenvalue weighted by Crippen LogP contribution is 2.29. The minimum Gasteiger partial charge on any atom is -0.322 e. The second-order valence-electron chi connectivity index (χ2n) is 9.23. The second-order valence-corrected chi connectivity index (χ2v) is 11.2. The van der Waals surface area contributed by atoms with Gasteiger partial charge in [-0.2, -0.15) is 4.31 Å². The third kappa shape index (κ3) is 4.69. The van der Waals surface area contributed by atoms with E-state index in [1.807, 2.05) is 31.3 Å². The number of fused-ring (bicyclic) bond motifs is 2. The molecule has 1 amide bonds.